The fourth-order valence-electron chi connectivity index (χ4n) is 3.39. The Labute approximate surface area is 185 Å². The van der Waals surface area contributed by atoms with E-state index in [1.54, 1.807) is 24.5 Å². The van der Waals surface area contributed by atoms with Gasteiger partial charge in [0.1, 0.15) is 11.5 Å². The number of aromatic nitrogens is 2. The number of alkyl halides is 3. The second-order valence-corrected chi connectivity index (χ2v) is 7.61. The summed E-state index contributed by atoms with van der Waals surface area (Å²) in [5, 5.41) is 9.91. The highest BCUT2D eigenvalue weighted by Gasteiger charge is 2.31. The molecule has 1 heterocycles. The average molecular weight is 445 g/mol. The number of hydrogen-bond acceptors (Lipinski definition) is 5. The van der Waals surface area contributed by atoms with Gasteiger partial charge in [0.05, 0.1) is 0 Å². The summed E-state index contributed by atoms with van der Waals surface area (Å²) in [6, 6.07) is 9.48. The van der Waals surface area contributed by atoms with E-state index in [0.717, 1.165) is 28.7 Å². The van der Waals surface area contributed by atoms with E-state index >= 15 is 0 Å². The Morgan fingerprint density at radius 3 is 2.38 bits per heavy atom. The first kappa shape index (κ1) is 23.4. The first-order chi connectivity index (χ1) is 15.2. The minimum absolute atomic E-state index is 0.253. The number of aromatic hydroxyl groups is 1. The lowest BCUT2D eigenvalue weighted by Gasteiger charge is -2.24. The normalized spacial score (nSPS) is 11.4. The van der Waals surface area contributed by atoms with Crippen molar-refractivity contribution >= 4 is 5.95 Å². The molecule has 0 saturated carbocycles. The molecule has 2 aromatic carbocycles. The first-order valence-corrected chi connectivity index (χ1v) is 10.3. The Kier molecular flexibility index (Phi) is 7.22. The molecule has 0 bridgehead atoms. The fraction of sp³-hybridized carbons (Fsp3) is 0.333. The van der Waals surface area contributed by atoms with Gasteiger partial charge in [0.15, 0.2) is 0 Å². The number of halogens is 3. The molecule has 0 unspecified atom stereocenters. The van der Waals surface area contributed by atoms with Crippen LogP contribution in [0.1, 0.15) is 34.7 Å². The first-order valence-electron chi connectivity index (χ1n) is 10.3. The van der Waals surface area contributed by atoms with Gasteiger partial charge in [-0.3, -0.25) is 0 Å². The Morgan fingerprint density at radius 2 is 1.72 bits per heavy atom. The molecule has 32 heavy (non-hydrogen) atoms. The molecule has 170 valence electrons. The van der Waals surface area contributed by atoms with Crippen LogP contribution in [0, 0.1) is 13.8 Å². The summed E-state index contributed by atoms with van der Waals surface area (Å²) in [4.78, 5) is 10.8. The summed E-state index contributed by atoms with van der Waals surface area (Å²) < 4.78 is 41.9. The quantitative estimate of drug-likeness (QED) is 0.496. The maximum absolute atomic E-state index is 12.6. The summed E-state index contributed by atoms with van der Waals surface area (Å²) in [6.07, 6.45) is 0.238. The van der Waals surface area contributed by atoms with Crippen molar-refractivity contribution in [2.24, 2.45) is 0 Å². The maximum atomic E-state index is 12.6. The SMILES string of the molecule is CCc1cnc(N(CCc2ccc(O)c(C)c2C)Cc2cccc(OC(F)(F)F)c2)nc1. The summed E-state index contributed by atoms with van der Waals surface area (Å²) in [5.41, 5.74) is 4.56. The van der Waals surface area contributed by atoms with Gasteiger partial charge in [-0.1, -0.05) is 25.1 Å². The molecule has 8 heteroatoms. The van der Waals surface area contributed by atoms with Crippen LogP contribution in [0.15, 0.2) is 48.8 Å². The van der Waals surface area contributed by atoms with Crippen molar-refractivity contribution in [3.05, 3.63) is 76.6 Å². The number of phenolic OH excluding ortho intramolecular Hbond substituents is 1. The molecule has 0 radical (unpaired) electrons. The molecule has 3 rings (SSSR count). The van der Waals surface area contributed by atoms with Gasteiger partial charge < -0.3 is 14.7 Å². The van der Waals surface area contributed by atoms with E-state index in [2.05, 4.69) is 14.7 Å². The lowest BCUT2D eigenvalue weighted by atomic mass is 10.00. The van der Waals surface area contributed by atoms with Gasteiger partial charge >= 0.3 is 6.36 Å². The van der Waals surface area contributed by atoms with E-state index in [4.69, 9.17) is 0 Å². The van der Waals surface area contributed by atoms with E-state index < -0.39 is 6.36 Å². The van der Waals surface area contributed by atoms with Crippen LogP contribution in [0.25, 0.3) is 0 Å². The summed E-state index contributed by atoms with van der Waals surface area (Å²) in [5.74, 6) is 0.489. The minimum atomic E-state index is -4.74. The third-order valence-corrected chi connectivity index (χ3v) is 5.41. The van der Waals surface area contributed by atoms with Gasteiger partial charge in [-0.2, -0.15) is 0 Å². The highest BCUT2D eigenvalue weighted by atomic mass is 19.4. The Hall–Kier alpha value is -3.29. The molecule has 5 nitrogen and oxygen atoms in total. The zero-order valence-electron chi connectivity index (χ0n) is 18.3. The van der Waals surface area contributed by atoms with Crippen molar-refractivity contribution in [3.63, 3.8) is 0 Å². The van der Waals surface area contributed by atoms with Gasteiger partial charge in [-0.05, 0) is 72.7 Å². The molecule has 3 aromatic rings. The molecule has 0 spiro atoms. The number of aryl methyl sites for hydroxylation is 1. The summed E-state index contributed by atoms with van der Waals surface area (Å²) in [6.45, 7) is 6.69. The lowest BCUT2D eigenvalue weighted by Crippen LogP contribution is -2.27. The number of hydrogen-bond donors (Lipinski definition) is 1. The van der Waals surface area contributed by atoms with E-state index in [1.807, 2.05) is 31.7 Å². The molecule has 0 aliphatic heterocycles. The topological polar surface area (TPSA) is 58.5 Å². The van der Waals surface area contributed by atoms with Crippen LogP contribution in [0.5, 0.6) is 11.5 Å². The summed E-state index contributed by atoms with van der Waals surface area (Å²) >= 11 is 0. The van der Waals surface area contributed by atoms with E-state index in [0.29, 0.717) is 31.0 Å². The Bertz CT molecular complexity index is 1050. The van der Waals surface area contributed by atoms with Crippen LogP contribution in [-0.2, 0) is 19.4 Å². The van der Waals surface area contributed by atoms with Crippen molar-refractivity contribution in [2.45, 2.75) is 46.5 Å². The third-order valence-electron chi connectivity index (χ3n) is 5.41. The highest BCUT2D eigenvalue weighted by molar-refractivity contribution is 5.43. The maximum Gasteiger partial charge on any atom is 0.573 e. The molecule has 1 N–H and O–H groups in total. The van der Waals surface area contributed by atoms with Gasteiger partial charge in [-0.15, -0.1) is 13.2 Å². The van der Waals surface area contributed by atoms with E-state index in [1.165, 1.54) is 18.2 Å². The average Bonchev–Trinajstić information content (AvgIpc) is 2.75. The standard InChI is InChI=1S/C24H26F3N3O2/c1-4-18-13-28-23(29-14-18)30(11-10-20-8-9-22(31)17(3)16(20)2)15-19-6-5-7-21(12-19)32-24(25,26)27/h5-9,12-14,31H,4,10-11,15H2,1-3H3. The fourth-order valence-corrected chi connectivity index (χ4v) is 3.39. The van der Waals surface area contributed by atoms with Gasteiger partial charge in [0.25, 0.3) is 0 Å². The van der Waals surface area contributed by atoms with Gasteiger partial charge in [0.2, 0.25) is 5.95 Å². The zero-order valence-corrected chi connectivity index (χ0v) is 18.3. The molecule has 0 amide bonds. The number of rotatable bonds is 8. The molecule has 0 aliphatic carbocycles. The number of nitrogens with zero attached hydrogens (tertiary/aromatic N) is 3. The van der Waals surface area contributed by atoms with Crippen LogP contribution < -0.4 is 9.64 Å². The lowest BCUT2D eigenvalue weighted by molar-refractivity contribution is -0.274. The molecule has 0 saturated heterocycles. The van der Waals surface area contributed by atoms with Gasteiger partial charge in [0, 0.05) is 25.5 Å². The van der Waals surface area contributed by atoms with Crippen molar-refractivity contribution in [3.8, 4) is 11.5 Å². The van der Waals surface area contributed by atoms with E-state index in [-0.39, 0.29) is 11.5 Å². The molecule has 0 atom stereocenters. The van der Waals surface area contributed by atoms with Crippen molar-refractivity contribution in [2.75, 3.05) is 11.4 Å². The Morgan fingerprint density at radius 1 is 1.00 bits per heavy atom. The third kappa shape index (κ3) is 6.12. The van der Waals surface area contributed by atoms with Crippen LogP contribution in [-0.4, -0.2) is 28.0 Å². The number of phenols is 1. The van der Waals surface area contributed by atoms with Crippen LogP contribution >= 0.6 is 0 Å². The highest BCUT2D eigenvalue weighted by Crippen LogP contribution is 2.26. The predicted octanol–water partition coefficient (Wildman–Crippen LogP) is 5.51. The smallest absolute Gasteiger partial charge is 0.508 e. The number of ether oxygens (including phenoxy) is 1. The van der Waals surface area contributed by atoms with Crippen LogP contribution in [0.3, 0.4) is 0 Å². The van der Waals surface area contributed by atoms with Crippen LogP contribution in [0.2, 0.25) is 0 Å². The zero-order chi connectivity index (χ0) is 23.3. The van der Waals surface area contributed by atoms with Crippen molar-refractivity contribution in [1.29, 1.82) is 0 Å². The van der Waals surface area contributed by atoms with Crippen molar-refractivity contribution in [1.82, 2.24) is 9.97 Å². The largest absolute Gasteiger partial charge is 0.573 e. The second-order valence-electron chi connectivity index (χ2n) is 7.61. The Balaban J connectivity index is 1.84. The molecular weight excluding hydrogens is 419 g/mol. The number of anilines is 1. The number of benzene rings is 2. The second kappa shape index (κ2) is 9.89. The molecule has 1 aromatic heterocycles. The molecular formula is C24H26F3N3O2. The van der Waals surface area contributed by atoms with Crippen molar-refractivity contribution < 1.29 is 23.0 Å². The van der Waals surface area contributed by atoms with Gasteiger partial charge in [-0.25, -0.2) is 9.97 Å². The summed E-state index contributed by atoms with van der Waals surface area (Å²) in [7, 11) is 0. The molecule has 0 aliphatic rings. The minimum Gasteiger partial charge on any atom is -0.508 e. The van der Waals surface area contributed by atoms with E-state index in [9.17, 15) is 18.3 Å². The monoisotopic (exact) mass is 445 g/mol. The van der Waals surface area contributed by atoms with Crippen LogP contribution in [0.4, 0.5) is 19.1 Å². The molecule has 0 fully saturated rings. The predicted molar refractivity (Wildman–Crippen MR) is 117 cm³/mol.